The summed E-state index contributed by atoms with van der Waals surface area (Å²) in [6, 6.07) is 26.3. The minimum atomic E-state index is -0.560. The second kappa shape index (κ2) is 13.5. The topological polar surface area (TPSA) is 49.4 Å². The molecule has 0 bridgehead atoms. The molecule has 1 aliphatic rings. The number of hydrogen-bond acceptors (Lipinski definition) is 3. The van der Waals surface area contributed by atoms with Gasteiger partial charge in [-0.3, -0.25) is 9.59 Å². The van der Waals surface area contributed by atoms with Gasteiger partial charge < -0.3 is 10.2 Å². The van der Waals surface area contributed by atoms with Gasteiger partial charge in [0.2, 0.25) is 11.8 Å². The van der Waals surface area contributed by atoms with Gasteiger partial charge in [0.05, 0.1) is 5.75 Å². The van der Waals surface area contributed by atoms with Gasteiger partial charge in [0.25, 0.3) is 0 Å². The van der Waals surface area contributed by atoms with Gasteiger partial charge >= 0.3 is 0 Å². The monoisotopic (exact) mass is 514 g/mol. The Bertz CT molecular complexity index is 1160. The van der Waals surface area contributed by atoms with E-state index < -0.39 is 6.04 Å². The Morgan fingerprint density at radius 1 is 0.892 bits per heavy atom. The third-order valence-electron chi connectivity index (χ3n) is 7.19. The summed E-state index contributed by atoms with van der Waals surface area (Å²) in [5.41, 5.74) is 5.69. The van der Waals surface area contributed by atoms with Gasteiger partial charge in [-0.15, -0.1) is 11.8 Å². The summed E-state index contributed by atoms with van der Waals surface area (Å²) in [4.78, 5) is 29.4. The molecule has 1 N–H and O–H groups in total. The zero-order valence-electron chi connectivity index (χ0n) is 22.0. The number of rotatable bonds is 11. The molecule has 0 saturated heterocycles. The number of nitrogens with one attached hydrogen (secondary N) is 1. The summed E-state index contributed by atoms with van der Waals surface area (Å²) in [6.07, 6.45) is 4.83. The van der Waals surface area contributed by atoms with E-state index in [9.17, 15) is 9.59 Å². The van der Waals surface area contributed by atoms with Gasteiger partial charge in [0.15, 0.2) is 0 Å². The van der Waals surface area contributed by atoms with Crippen LogP contribution < -0.4 is 5.32 Å². The van der Waals surface area contributed by atoms with Gasteiger partial charge in [0, 0.05) is 24.8 Å². The van der Waals surface area contributed by atoms with Crippen LogP contribution in [0.15, 0.2) is 78.9 Å². The second-order valence-corrected chi connectivity index (χ2v) is 11.1. The summed E-state index contributed by atoms with van der Waals surface area (Å²) in [5.74, 6) is 1.06. The van der Waals surface area contributed by atoms with E-state index in [1.54, 1.807) is 11.8 Å². The standard InChI is InChI=1S/C32H38N2O2S/c1-24-16-18-27(19-17-24)22-37-23-31(35)34(21-28-13-7-6-10-25(28)2)30(20-26-11-4-3-5-12-26)32(36)33-29-14-8-9-15-29/h3-7,10-13,16-19,29-30H,8-9,14-15,20-23H2,1-2H3,(H,33,36)/t30-/m0/s1. The van der Waals surface area contributed by atoms with E-state index in [2.05, 4.69) is 55.6 Å². The van der Waals surface area contributed by atoms with Crippen molar-refractivity contribution in [3.05, 3.63) is 107 Å². The van der Waals surface area contributed by atoms with Crippen molar-refractivity contribution in [3.63, 3.8) is 0 Å². The van der Waals surface area contributed by atoms with Gasteiger partial charge in [-0.25, -0.2) is 0 Å². The molecule has 3 aromatic rings. The molecule has 194 valence electrons. The van der Waals surface area contributed by atoms with Gasteiger partial charge in [-0.05, 0) is 48.9 Å². The number of benzene rings is 3. The lowest BCUT2D eigenvalue weighted by atomic mass is 10.0. The van der Waals surface area contributed by atoms with E-state index in [0.29, 0.717) is 18.7 Å². The summed E-state index contributed by atoms with van der Waals surface area (Å²) < 4.78 is 0. The normalized spacial score (nSPS) is 14.3. The number of carbonyl (C=O) groups excluding carboxylic acids is 2. The number of aryl methyl sites for hydroxylation is 2. The number of hydrogen-bond donors (Lipinski definition) is 1. The summed E-state index contributed by atoms with van der Waals surface area (Å²) in [5, 5.41) is 3.28. The predicted molar refractivity (Wildman–Crippen MR) is 153 cm³/mol. The quantitative estimate of drug-likeness (QED) is 0.330. The van der Waals surface area contributed by atoms with Crippen molar-refractivity contribution < 1.29 is 9.59 Å². The molecular formula is C32H38N2O2S. The van der Waals surface area contributed by atoms with E-state index in [1.165, 1.54) is 11.1 Å². The van der Waals surface area contributed by atoms with Crippen molar-refractivity contribution in [1.82, 2.24) is 10.2 Å². The molecule has 4 nitrogen and oxygen atoms in total. The van der Waals surface area contributed by atoms with Crippen molar-refractivity contribution in [2.45, 2.75) is 70.3 Å². The highest BCUT2D eigenvalue weighted by Crippen LogP contribution is 2.22. The molecule has 1 aliphatic carbocycles. The minimum absolute atomic E-state index is 0.00266. The van der Waals surface area contributed by atoms with Crippen LogP contribution in [0.25, 0.3) is 0 Å². The molecule has 4 rings (SSSR count). The van der Waals surface area contributed by atoms with Crippen molar-refractivity contribution in [1.29, 1.82) is 0 Å². The third-order valence-corrected chi connectivity index (χ3v) is 8.18. The molecule has 0 spiro atoms. The van der Waals surface area contributed by atoms with E-state index in [4.69, 9.17) is 0 Å². The highest BCUT2D eigenvalue weighted by molar-refractivity contribution is 7.99. The highest BCUT2D eigenvalue weighted by atomic mass is 32.2. The molecular weight excluding hydrogens is 476 g/mol. The summed E-state index contributed by atoms with van der Waals surface area (Å²) in [7, 11) is 0. The third kappa shape index (κ3) is 7.96. The average molecular weight is 515 g/mol. The zero-order valence-corrected chi connectivity index (χ0v) is 22.8. The van der Waals surface area contributed by atoms with Crippen LogP contribution in [0.3, 0.4) is 0 Å². The van der Waals surface area contributed by atoms with Gasteiger partial charge in [0.1, 0.15) is 6.04 Å². The molecule has 0 radical (unpaired) electrons. The maximum atomic E-state index is 13.8. The molecule has 0 aliphatic heterocycles. The Balaban J connectivity index is 1.56. The van der Waals surface area contributed by atoms with Crippen molar-refractivity contribution >= 4 is 23.6 Å². The molecule has 1 fully saturated rings. The molecule has 0 aromatic heterocycles. The van der Waals surface area contributed by atoms with E-state index in [-0.39, 0.29) is 17.9 Å². The lowest BCUT2D eigenvalue weighted by Crippen LogP contribution is -2.52. The smallest absolute Gasteiger partial charge is 0.243 e. The van der Waals surface area contributed by atoms with Crippen molar-refractivity contribution in [3.8, 4) is 0 Å². The maximum absolute atomic E-state index is 13.8. The number of amides is 2. The molecule has 0 unspecified atom stereocenters. The molecule has 37 heavy (non-hydrogen) atoms. The van der Waals surface area contributed by atoms with Crippen LogP contribution in [-0.2, 0) is 28.3 Å². The average Bonchev–Trinajstić information content (AvgIpc) is 3.42. The number of nitrogens with zero attached hydrogens (tertiary/aromatic N) is 1. The fraction of sp³-hybridized carbons (Fsp3) is 0.375. The van der Waals surface area contributed by atoms with Gasteiger partial charge in [-0.1, -0.05) is 97.3 Å². The second-order valence-electron chi connectivity index (χ2n) is 10.1. The van der Waals surface area contributed by atoms with Crippen LogP contribution in [0, 0.1) is 13.8 Å². The summed E-state index contributed by atoms with van der Waals surface area (Å²) in [6.45, 7) is 4.56. The number of thioether (sulfide) groups is 1. The van der Waals surface area contributed by atoms with Crippen LogP contribution in [0.1, 0.15) is 53.5 Å². The van der Waals surface area contributed by atoms with E-state index in [1.807, 2.05) is 47.4 Å². The highest BCUT2D eigenvalue weighted by Gasteiger charge is 2.32. The van der Waals surface area contributed by atoms with Crippen LogP contribution in [0.4, 0.5) is 0 Å². The van der Waals surface area contributed by atoms with Crippen LogP contribution in [0.2, 0.25) is 0 Å². The Kier molecular flexibility index (Phi) is 9.84. The SMILES string of the molecule is Cc1ccc(CSCC(=O)N(Cc2ccccc2C)[C@@H](Cc2ccccc2)C(=O)NC2CCCC2)cc1. The fourth-order valence-corrected chi connectivity index (χ4v) is 5.79. The first-order valence-electron chi connectivity index (χ1n) is 13.3. The predicted octanol–water partition coefficient (Wildman–Crippen LogP) is 6.24. The maximum Gasteiger partial charge on any atom is 0.243 e. The zero-order chi connectivity index (χ0) is 26.0. The lowest BCUT2D eigenvalue weighted by molar-refractivity contribution is -0.139. The first kappa shape index (κ1) is 27.0. The molecule has 5 heteroatoms. The van der Waals surface area contributed by atoms with Crippen LogP contribution in [0.5, 0.6) is 0 Å². The fourth-order valence-electron chi connectivity index (χ4n) is 4.92. The van der Waals surface area contributed by atoms with Gasteiger partial charge in [-0.2, -0.15) is 0 Å². The first-order chi connectivity index (χ1) is 18.0. The van der Waals surface area contributed by atoms with Crippen LogP contribution in [-0.4, -0.2) is 34.6 Å². The minimum Gasteiger partial charge on any atom is -0.352 e. The molecule has 1 saturated carbocycles. The largest absolute Gasteiger partial charge is 0.352 e. The Morgan fingerprint density at radius 3 is 2.27 bits per heavy atom. The Morgan fingerprint density at radius 2 is 1.57 bits per heavy atom. The van der Waals surface area contributed by atoms with E-state index in [0.717, 1.165) is 48.1 Å². The van der Waals surface area contributed by atoms with Crippen molar-refractivity contribution in [2.75, 3.05) is 5.75 Å². The summed E-state index contributed by atoms with van der Waals surface area (Å²) >= 11 is 1.61. The molecule has 2 amide bonds. The first-order valence-corrected chi connectivity index (χ1v) is 14.5. The molecule has 1 atom stereocenters. The molecule has 0 heterocycles. The van der Waals surface area contributed by atoms with E-state index >= 15 is 0 Å². The Labute approximate surface area is 225 Å². The van der Waals surface area contributed by atoms with Crippen molar-refractivity contribution in [2.24, 2.45) is 0 Å². The van der Waals surface area contributed by atoms with Crippen LogP contribution >= 0.6 is 11.8 Å². The Hall–Kier alpha value is -3.05. The molecule has 3 aromatic carbocycles. The lowest BCUT2D eigenvalue weighted by Gasteiger charge is -2.32. The number of carbonyl (C=O) groups is 2.